The van der Waals surface area contributed by atoms with Crippen molar-refractivity contribution in [2.24, 2.45) is 0 Å². The Bertz CT molecular complexity index is 1530. The van der Waals surface area contributed by atoms with Crippen LogP contribution in [0.5, 0.6) is 5.75 Å². The third kappa shape index (κ3) is 6.22. The molecule has 0 radical (unpaired) electrons. The average molecular weight is 703 g/mol. The number of rotatable bonds is 6. The summed E-state index contributed by atoms with van der Waals surface area (Å²) in [6.07, 6.45) is 1.26. The summed E-state index contributed by atoms with van der Waals surface area (Å²) in [6, 6.07) is 13.2. The number of ether oxygens (including phenoxy) is 1. The van der Waals surface area contributed by atoms with Crippen LogP contribution in [0.15, 0.2) is 69.1 Å². The Hall–Kier alpha value is -2.89. The summed E-state index contributed by atoms with van der Waals surface area (Å²) in [5.41, 5.74) is 0.449. The van der Waals surface area contributed by atoms with E-state index in [1.807, 2.05) is 0 Å². The molecular formula is C25H14Br2Cl3N3O5. The first-order valence-electron chi connectivity index (χ1n) is 10.6. The summed E-state index contributed by atoms with van der Waals surface area (Å²) < 4.78 is 6.77. The second-order valence-electron chi connectivity index (χ2n) is 7.68. The Morgan fingerprint density at radius 1 is 0.974 bits per heavy atom. The van der Waals surface area contributed by atoms with E-state index in [1.165, 1.54) is 24.3 Å². The van der Waals surface area contributed by atoms with Crippen molar-refractivity contribution in [2.45, 2.75) is 0 Å². The molecule has 0 aliphatic carbocycles. The first-order valence-corrected chi connectivity index (χ1v) is 13.3. The first-order chi connectivity index (χ1) is 18.0. The highest BCUT2D eigenvalue weighted by molar-refractivity contribution is 9.11. The third-order valence-electron chi connectivity index (χ3n) is 5.10. The number of urea groups is 1. The van der Waals surface area contributed by atoms with E-state index in [2.05, 4.69) is 42.5 Å². The van der Waals surface area contributed by atoms with Gasteiger partial charge in [-0.25, -0.2) is 9.69 Å². The number of nitrogens with zero attached hydrogens (tertiary/aromatic N) is 1. The van der Waals surface area contributed by atoms with E-state index in [0.717, 1.165) is 4.90 Å². The Morgan fingerprint density at radius 3 is 2.42 bits per heavy atom. The number of carbonyl (C=O) groups excluding carboxylic acids is 4. The lowest BCUT2D eigenvalue weighted by Crippen LogP contribution is -2.54. The molecule has 1 heterocycles. The van der Waals surface area contributed by atoms with Gasteiger partial charge in [0, 0.05) is 10.0 Å². The molecule has 1 aliphatic heterocycles. The van der Waals surface area contributed by atoms with Crippen LogP contribution in [0.4, 0.5) is 16.2 Å². The Morgan fingerprint density at radius 2 is 1.71 bits per heavy atom. The molecule has 1 aliphatic rings. The van der Waals surface area contributed by atoms with Crippen LogP contribution in [-0.4, -0.2) is 30.4 Å². The number of amides is 5. The third-order valence-corrected chi connectivity index (χ3v) is 7.21. The maximum atomic E-state index is 13.3. The number of carbonyl (C=O) groups is 4. The van der Waals surface area contributed by atoms with Gasteiger partial charge in [0.15, 0.2) is 6.61 Å². The molecule has 0 bridgehead atoms. The average Bonchev–Trinajstić information content (AvgIpc) is 2.84. The minimum atomic E-state index is -0.946. The van der Waals surface area contributed by atoms with Crippen molar-refractivity contribution in [3.63, 3.8) is 0 Å². The molecule has 0 saturated carbocycles. The summed E-state index contributed by atoms with van der Waals surface area (Å²) in [7, 11) is 0. The summed E-state index contributed by atoms with van der Waals surface area (Å²) >= 11 is 24.8. The molecule has 3 aromatic carbocycles. The van der Waals surface area contributed by atoms with Gasteiger partial charge in [-0.15, -0.1) is 0 Å². The van der Waals surface area contributed by atoms with Crippen molar-refractivity contribution >= 4 is 108 Å². The molecule has 4 rings (SSSR count). The maximum Gasteiger partial charge on any atom is 0.335 e. The number of nitrogens with one attached hydrogen (secondary N) is 2. The quantitative estimate of drug-likeness (QED) is 0.216. The predicted molar refractivity (Wildman–Crippen MR) is 153 cm³/mol. The largest absolute Gasteiger partial charge is 0.482 e. The predicted octanol–water partition coefficient (Wildman–Crippen LogP) is 6.86. The minimum absolute atomic E-state index is 0.114. The number of halogens is 5. The van der Waals surface area contributed by atoms with Crippen LogP contribution < -0.4 is 20.3 Å². The zero-order chi connectivity index (χ0) is 27.6. The fourth-order valence-corrected chi connectivity index (χ4v) is 5.25. The molecule has 3 aromatic rings. The van der Waals surface area contributed by atoms with Crippen LogP contribution >= 0.6 is 66.7 Å². The molecule has 2 N–H and O–H groups in total. The minimum Gasteiger partial charge on any atom is -0.482 e. The van der Waals surface area contributed by atoms with E-state index in [4.69, 9.17) is 39.5 Å². The highest BCUT2D eigenvalue weighted by Crippen LogP contribution is 2.36. The topological polar surface area (TPSA) is 105 Å². The van der Waals surface area contributed by atoms with Crippen molar-refractivity contribution < 1.29 is 23.9 Å². The van der Waals surface area contributed by atoms with Gasteiger partial charge in [0.2, 0.25) is 0 Å². The molecule has 13 heteroatoms. The van der Waals surface area contributed by atoms with Gasteiger partial charge in [0.05, 0.1) is 30.9 Å². The molecular weight excluding hydrogens is 688 g/mol. The highest BCUT2D eigenvalue weighted by Gasteiger charge is 2.37. The van der Waals surface area contributed by atoms with Crippen molar-refractivity contribution in [1.82, 2.24) is 5.32 Å². The summed E-state index contributed by atoms with van der Waals surface area (Å²) in [5.74, 6) is -2.12. The Kier molecular flexibility index (Phi) is 8.79. The number of barbiturate groups is 1. The zero-order valence-electron chi connectivity index (χ0n) is 18.9. The lowest BCUT2D eigenvalue weighted by molar-refractivity contribution is -0.122. The first kappa shape index (κ1) is 28.1. The molecule has 194 valence electrons. The summed E-state index contributed by atoms with van der Waals surface area (Å²) in [6.45, 7) is -0.407. The van der Waals surface area contributed by atoms with Gasteiger partial charge in [-0.1, -0.05) is 62.9 Å². The van der Waals surface area contributed by atoms with Crippen molar-refractivity contribution in [3.8, 4) is 5.75 Å². The second kappa shape index (κ2) is 11.9. The van der Waals surface area contributed by atoms with Crippen LogP contribution in [0.2, 0.25) is 15.1 Å². The number of hydrogen-bond acceptors (Lipinski definition) is 5. The molecule has 0 spiro atoms. The normalized spacial score (nSPS) is 14.5. The molecule has 1 fully saturated rings. The van der Waals surface area contributed by atoms with Gasteiger partial charge in [0.1, 0.15) is 11.3 Å². The molecule has 8 nitrogen and oxygen atoms in total. The highest BCUT2D eigenvalue weighted by atomic mass is 79.9. The smallest absolute Gasteiger partial charge is 0.335 e. The van der Waals surface area contributed by atoms with Gasteiger partial charge >= 0.3 is 6.03 Å². The van der Waals surface area contributed by atoms with Gasteiger partial charge in [-0.2, -0.15) is 0 Å². The fourth-order valence-electron chi connectivity index (χ4n) is 3.40. The van der Waals surface area contributed by atoms with Gasteiger partial charge in [-0.05, 0) is 64.5 Å². The van der Waals surface area contributed by atoms with E-state index in [1.54, 1.807) is 36.4 Å². The molecule has 38 heavy (non-hydrogen) atoms. The lowest BCUT2D eigenvalue weighted by atomic mass is 10.1. The van der Waals surface area contributed by atoms with Crippen LogP contribution in [0.1, 0.15) is 5.56 Å². The fraction of sp³-hybridized carbons (Fsp3) is 0.0400. The van der Waals surface area contributed by atoms with Crippen LogP contribution in [0.3, 0.4) is 0 Å². The molecule has 5 amide bonds. The van der Waals surface area contributed by atoms with Crippen LogP contribution in [0, 0.1) is 0 Å². The number of imide groups is 2. The number of hydrogen-bond donors (Lipinski definition) is 2. The zero-order valence-corrected chi connectivity index (χ0v) is 24.3. The number of anilines is 2. The Balaban J connectivity index is 1.64. The standard InChI is InChI=1S/C25H14Br2Cl3N3O5/c26-13-7-12(22(16(27)9-13)38-11-21(34)31-20-4-2-1-3-18(20)29)8-15-23(35)32-25(37)33(24(15)36)14-5-6-17(28)19(30)10-14/h1-10H,11H2,(H,31,34)(H,32,35,37)/b15-8-. The number of para-hydroxylation sites is 1. The van der Waals surface area contributed by atoms with Gasteiger partial charge in [0.25, 0.3) is 17.7 Å². The van der Waals surface area contributed by atoms with Crippen LogP contribution in [0.25, 0.3) is 6.08 Å². The van der Waals surface area contributed by atoms with E-state index in [9.17, 15) is 19.2 Å². The van der Waals surface area contributed by atoms with Crippen LogP contribution in [-0.2, 0) is 14.4 Å². The second-order valence-corrected chi connectivity index (χ2v) is 10.7. The summed E-state index contributed by atoms with van der Waals surface area (Å²) in [5, 5.41) is 5.49. The molecule has 1 saturated heterocycles. The van der Waals surface area contributed by atoms with Crippen molar-refractivity contribution in [2.75, 3.05) is 16.8 Å². The van der Waals surface area contributed by atoms with E-state index in [0.29, 0.717) is 19.7 Å². The SMILES string of the molecule is O=C(COc1c(Br)cc(Br)cc1/C=C1/C(=O)NC(=O)N(c2ccc(Cl)c(Cl)c2)C1=O)Nc1ccccc1Cl. The lowest BCUT2D eigenvalue weighted by Gasteiger charge is -2.26. The maximum absolute atomic E-state index is 13.3. The van der Waals surface area contributed by atoms with Gasteiger partial charge in [-0.3, -0.25) is 19.7 Å². The molecule has 0 unspecified atom stereocenters. The van der Waals surface area contributed by atoms with E-state index >= 15 is 0 Å². The molecule has 0 aromatic heterocycles. The molecule has 0 atom stereocenters. The van der Waals surface area contributed by atoms with E-state index in [-0.39, 0.29) is 32.6 Å². The van der Waals surface area contributed by atoms with Gasteiger partial charge < -0.3 is 10.1 Å². The van der Waals surface area contributed by atoms with E-state index < -0.39 is 30.4 Å². The van der Waals surface area contributed by atoms with Crippen molar-refractivity contribution in [1.29, 1.82) is 0 Å². The summed E-state index contributed by atoms with van der Waals surface area (Å²) in [4.78, 5) is 51.7. The number of benzene rings is 3. The van der Waals surface area contributed by atoms with Crippen molar-refractivity contribution in [3.05, 3.63) is 89.7 Å². The monoisotopic (exact) mass is 699 g/mol. The Labute approximate surface area is 248 Å².